The van der Waals surface area contributed by atoms with E-state index in [0.29, 0.717) is 0 Å². The van der Waals surface area contributed by atoms with E-state index in [1.54, 1.807) is 0 Å². The molecule has 0 saturated heterocycles. The van der Waals surface area contributed by atoms with Gasteiger partial charge in [0.2, 0.25) is 0 Å². The summed E-state index contributed by atoms with van der Waals surface area (Å²) >= 11 is 0. The molecule has 0 spiro atoms. The maximum absolute atomic E-state index is 2.43. The molecule has 56 heavy (non-hydrogen) atoms. The van der Waals surface area contributed by atoms with E-state index in [1.165, 1.54) is 88.1 Å². The highest BCUT2D eigenvalue weighted by Crippen LogP contribution is 2.40. The van der Waals surface area contributed by atoms with Gasteiger partial charge in [-0.3, -0.25) is 0 Å². The average Bonchev–Trinajstić information content (AvgIpc) is 3.79. The lowest BCUT2D eigenvalue weighted by atomic mass is 9.94. The molecule has 2 heteroatoms. The lowest BCUT2D eigenvalue weighted by Crippen LogP contribution is -1.95. The third-order valence-electron chi connectivity index (χ3n) is 11.6. The van der Waals surface area contributed by atoms with Gasteiger partial charge in [-0.05, 0) is 130 Å². The molecule has 0 atom stereocenters. The minimum absolute atomic E-state index is 1.09. The monoisotopic (exact) mass is 714 g/mol. The van der Waals surface area contributed by atoms with Gasteiger partial charge < -0.3 is 9.13 Å². The first-order chi connectivity index (χ1) is 27.8. The summed E-state index contributed by atoms with van der Waals surface area (Å²) < 4.78 is 4.83. The van der Waals surface area contributed by atoms with Crippen molar-refractivity contribution >= 4 is 49.2 Å². The molecule has 8 aromatic carbocycles. The molecule has 2 aromatic heterocycles. The van der Waals surface area contributed by atoms with E-state index in [1.807, 2.05) is 0 Å². The van der Waals surface area contributed by atoms with Crippen LogP contribution in [0.4, 0.5) is 0 Å². The smallest absolute Gasteiger partial charge is 0.0541 e. The Labute approximate surface area is 326 Å². The summed E-state index contributed by atoms with van der Waals surface area (Å²) in [5, 5.41) is 5.01. The molecule has 0 amide bonds. The summed E-state index contributed by atoms with van der Waals surface area (Å²) in [4.78, 5) is 0. The Morgan fingerprint density at radius 1 is 0.321 bits per heavy atom. The van der Waals surface area contributed by atoms with Crippen LogP contribution in [0.15, 0.2) is 206 Å². The van der Waals surface area contributed by atoms with Gasteiger partial charge in [-0.2, -0.15) is 0 Å². The standard InChI is InChI=1S/C54H38N2/c1-4-14-37(15-5-1)39-18-12-19-40(32-39)41-20-13-23-46(33-41)56-51-25-11-10-24-47(51)48-35-43(27-30-52(48)56)44-28-31-54-50(36-44)49-34-42(38-16-6-2-7-17-38)26-29-53(49)55(54)45-21-8-3-9-22-45/h1-4,6-14,16-36H,5,15H2. The number of benzene rings is 8. The fourth-order valence-corrected chi connectivity index (χ4v) is 8.87. The van der Waals surface area contributed by atoms with Crippen LogP contribution in [0, 0.1) is 0 Å². The maximum Gasteiger partial charge on any atom is 0.0541 e. The first-order valence-electron chi connectivity index (χ1n) is 19.6. The van der Waals surface area contributed by atoms with E-state index >= 15 is 0 Å². The van der Waals surface area contributed by atoms with E-state index in [2.05, 4.69) is 215 Å². The van der Waals surface area contributed by atoms with Gasteiger partial charge in [0.15, 0.2) is 0 Å². The summed E-state index contributed by atoms with van der Waals surface area (Å²) in [5.41, 5.74) is 17.2. The maximum atomic E-state index is 2.43. The van der Waals surface area contributed by atoms with Gasteiger partial charge in [0.25, 0.3) is 0 Å². The molecule has 11 rings (SSSR count). The molecule has 1 aliphatic carbocycles. The molecule has 0 radical (unpaired) electrons. The summed E-state index contributed by atoms with van der Waals surface area (Å²) in [6.07, 6.45) is 8.88. The number of fused-ring (bicyclic) bond motifs is 6. The van der Waals surface area contributed by atoms with Crippen LogP contribution >= 0.6 is 0 Å². The predicted molar refractivity (Wildman–Crippen MR) is 238 cm³/mol. The van der Waals surface area contributed by atoms with Crippen LogP contribution in [0.1, 0.15) is 18.4 Å². The average molecular weight is 715 g/mol. The minimum Gasteiger partial charge on any atom is -0.309 e. The Morgan fingerprint density at radius 2 is 0.804 bits per heavy atom. The molecule has 0 N–H and O–H groups in total. The van der Waals surface area contributed by atoms with E-state index in [4.69, 9.17) is 0 Å². The zero-order valence-corrected chi connectivity index (χ0v) is 30.9. The first kappa shape index (κ1) is 32.3. The Hall–Kier alpha value is -7.16. The van der Waals surface area contributed by atoms with Crippen molar-refractivity contribution in [2.75, 3.05) is 0 Å². The number of hydrogen-bond acceptors (Lipinski definition) is 0. The van der Waals surface area contributed by atoms with Crippen LogP contribution in [-0.4, -0.2) is 9.13 Å². The highest BCUT2D eigenvalue weighted by molar-refractivity contribution is 6.13. The quantitative estimate of drug-likeness (QED) is 0.162. The van der Waals surface area contributed by atoms with Crippen molar-refractivity contribution in [2.24, 2.45) is 0 Å². The van der Waals surface area contributed by atoms with Crippen molar-refractivity contribution in [3.63, 3.8) is 0 Å². The van der Waals surface area contributed by atoms with Crippen LogP contribution in [0.2, 0.25) is 0 Å². The van der Waals surface area contributed by atoms with Crippen molar-refractivity contribution < 1.29 is 0 Å². The minimum atomic E-state index is 1.09. The van der Waals surface area contributed by atoms with Gasteiger partial charge in [0.1, 0.15) is 0 Å². The van der Waals surface area contributed by atoms with Crippen molar-refractivity contribution in [1.29, 1.82) is 0 Å². The molecule has 1 aliphatic rings. The molecule has 0 saturated carbocycles. The lowest BCUT2D eigenvalue weighted by Gasteiger charge is -2.13. The summed E-state index contributed by atoms with van der Waals surface area (Å²) in [5.74, 6) is 0. The van der Waals surface area contributed by atoms with Crippen LogP contribution < -0.4 is 0 Å². The Kier molecular flexibility index (Phi) is 7.67. The number of rotatable bonds is 6. The summed E-state index contributed by atoms with van der Waals surface area (Å²) in [6.45, 7) is 0. The fraction of sp³-hybridized carbons (Fsp3) is 0.0370. The van der Waals surface area contributed by atoms with Gasteiger partial charge in [-0.15, -0.1) is 0 Å². The van der Waals surface area contributed by atoms with E-state index in [-0.39, 0.29) is 0 Å². The third-order valence-corrected chi connectivity index (χ3v) is 11.6. The lowest BCUT2D eigenvalue weighted by molar-refractivity contribution is 1.05. The molecular formula is C54H38N2. The van der Waals surface area contributed by atoms with Gasteiger partial charge in [0, 0.05) is 32.9 Å². The molecule has 0 bridgehead atoms. The molecule has 264 valence electrons. The summed E-state index contributed by atoms with van der Waals surface area (Å²) in [7, 11) is 0. The van der Waals surface area contributed by atoms with Crippen molar-refractivity contribution in [3.05, 3.63) is 212 Å². The zero-order valence-electron chi connectivity index (χ0n) is 30.9. The number of allylic oxidation sites excluding steroid dienone is 4. The highest BCUT2D eigenvalue weighted by atomic mass is 15.0. The Bertz CT molecular complexity index is 3170. The topological polar surface area (TPSA) is 9.86 Å². The zero-order chi connectivity index (χ0) is 37.0. The molecule has 0 unspecified atom stereocenters. The van der Waals surface area contributed by atoms with Gasteiger partial charge >= 0.3 is 0 Å². The fourth-order valence-electron chi connectivity index (χ4n) is 8.87. The molecule has 2 heterocycles. The van der Waals surface area contributed by atoms with E-state index in [9.17, 15) is 0 Å². The number of aromatic nitrogens is 2. The van der Waals surface area contributed by atoms with Gasteiger partial charge in [0.05, 0.1) is 22.1 Å². The number of para-hydroxylation sites is 2. The Morgan fingerprint density at radius 3 is 1.48 bits per heavy atom. The third kappa shape index (κ3) is 5.41. The van der Waals surface area contributed by atoms with Gasteiger partial charge in [-0.25, -0.2) is 0 Å². The SMILES string of the molecule is C1=CCCC(c2cccc(-c3cccc(-n4c5ccccc5c5cc(-c6ccc7c(c6)c6cc(-c8ccccc8)ccc6n7-c6ccccc6)ccc54)c3)c2)=C1. The second-order valence-corrected chi connectivity index (χ2v) is 14.9. The van der Waals surface area contributed by atoms with Crippen LogP contribution in [-0.2, 0) is 0 Å². The molecule has 0 fully saturated rings. The first-order valence-corrected chi connectivity index (χ1v) is 19.6. The molecule has 2 nitrogen and oxygen atoms in total. The van der Waals surface area contributed by atoms with Crippen LogP contribution in [0.25, 0.3) is 93.9 Å². The van der Waals surface area contributed by atoms with Crippen LogP contribution in [0.5, 0.6) is 0 Å². The van der Waals surface area contributed by atoms with Gasteiger partial charge in [-0.1, -0.05) is 133 Å². The van der Waals surface area contributed by atoms with Crippen molar-refractivity contribution in [2.45, 2.75) is 12.8 Å². The van der Waals surface area contributed by atoms with E-state index in [0.717, 1.165) is 24.2 Å². The Balaban J connectivity index is 1.05. The second-order valence-electron chi connectivity index (χ2n) is 14.9. The summed E-state index contributed by atoms with van der Waals surface area (Å²) in [6, 6.07) is 69.1. The number of nitrogens with zero attached hydrogens (tertiary/aromatic N) is 2. The molecule has 10 aromatic rings. The second kappa shape index (κ2) is 13.3. The normalized spacial score (nSPS) is 12.9. The van der Waals surface area contributed by atoms with Crippen LogP contribution in [0.3, 0.4) is 0 Å². The molecule has 0 aliphatic heterocycles. The number of hydrogen-bond donors (Lipinski definition) is 0. The van der Waals surface area contributed by atoms with Crippen molar-refractivity contribution in [1.82, 2.24) is 9.13 Å². The molecular weight excluding hydrogens is 677 g/mol. The predicted octanol–water partition coefficient (Wildman–Crippen LogP) is 14.6. The largest absolute Gasteiger partial charge is 0.309 e. The highest BCUT2D eigenvalue weighted by Gasteiger charge is 2.17. The van der Waals surface area contributed by atoms with E-state index < -0.39 is 0 Å². The van der Waals surface area contributed by atoms with Crippen molar-refractivity contribution in [3.8, 4) is 44.8 Å².